The van der Waals surface area contributed by atoms with E-state index in [1.807, 2.05) is 4.90 Å². The predicted octanol–water partition coefficient (Wildman–Crippen LogP) is 2.32. The number of piperazine rings is 1. The van der Waals surface area contributed by atoms with Crippen molar-refractivity contribution in [1.82, 2.24) is 14.1 Å². The molecule has 11 heteroatoms. The molecule has 0 radical (unpaired) electrons. The molecule has 1 amide bonds. The van der Waals surface area contributed by atoms with E-state index in [4.69, 9.17) is 21.1 Å². The van der Waals surface area contributed by atoms with Crippen LogP contribution in [0, 0.1) is 5.92 Å². The van der Waals surface area contributed by atoms with Gasteiger partial charge in [-0.05, 0) is 55.9 Å². The highest BCUT2D eigenvalue weighted by atomic mass is 35.5. The average molecular weight is 540 g/mol. The Bertz CT molecular complexity index is 1080. The van der Waals surface area contributed by atoms with Gasteiger partial charge in [0, 0.05) is 30.7 Å². The smallest absolute Gasteiger partial charge is 0.410 e. The number of β-amino-alcohol motifs (C(OH)–C–C–N with tert-alkyl or cyclic N) is 1. The molecule has 3 saturated heterocycles. The van der Waals surface area contributed by atoms with Gasteiger partial charge in [0.2, 0.25) is 10.0 Å². The van der Waals surface area contributed by atoms with E-state index in [1.165, 1.54) is 0 Å². The van der Waals surface area contributed by atoms with Gasteiger partial charge in [0.1, 0.15) is 5.60 Å². The molecule has 5 fully saturated rings. The summed E-state index contributed by atoms with van der Waals surface area (Å²) >= 11 is 6.03. The van der Waals surface area contributed by atoms with Crippen molar-refractivity contribution in [3.63, 3.8) is 0 Å². The van der Waals surface area contributed by atoms with Crippen molar-refractivity contribution >= 4 is 27.7 Å². The Morgan fingerprint density at radius 3 is 2.44 bits per heavy atom. The highest BCUT2D eigenvalue weighted by Crippen LogP contribution is 2.50. The Hall–Kier alpha value is -1.43. The minimum atomic E-state index is -3.85. The lowest BCUT2D eigenvalue weighted by Crippen LogP contribution is -2.71. The van der Waals surface area contributed by atoms with E-state index in [2.05, 4.69) is 4.90 Å². The normalized spacial score (nSPS) is 32.1. The molecule has 1 aromatic rings. The number of aliphatic hydroxyl groups excluding tert-OH is 1. The molecule has 1 aromatic carbocycles. The summed E-state index contributed by atoms with van der Waals surface area (Å²) in [6.45, 7) is 2.73. The number of likely N-dealkylation sites (tertiary alicyclic amines) is 2. The van der Waals surface area contributed by atoms with E-state index in [9.17, 15) is 18.3 Å². The quantitative estimate of drug-likeness (QED) is 0.541. The lowest BCUT2D eigenvalue weighted by Gasteiger charge is -2.56. The van der Waals surface area contributed by atoms with Crippen LogP contribution in [0.1, 0.15) is 38.5 Å². The summed E-state index contributed by atoms with van der Waals surface area (Å²) in [5.74, 6) is 0.514. The number of hydrogen-bond donors (Lipinski definition) is 1. The first-order chi connectivity index (χ1) is 17.3. The molecule has 36 heavy (non-hydrogen) atoms. The van der Waals surface area contributed by atoms with Crippen molar-refractivity contribution in [3.8, 4) is 0 Å². The number of carbonyl (C=O) groups excluding carboxylic acids is 1. The topological polar surface area (TPSA) is 99.6 Å². The van der Waals surface area contributed by atoms with Gasteiger partial charge in [0.15, 0.2) is 0 Å². The van der Waals surface area contributed by atoms with E-state index in [0.29, 0.717) is 36.9 Å². The fraction of sp³-hybridized carbons (Fsp3) is 0.720. The molecule has 3 heterocycles. The molecule has 2 unspecified atom stereocenters. The first kappa shape index (κ1) is 24.9. The van der Waals surface area contributed by atoms with Gasteiger partial charge < -0.3 is 14.6 Å². The fourth-order valence-corrected chi connectivity index (χ4v) is 8.25. The zero-order valence-corrected chi connectivity index (χ0v) is 21.9. The molecule has 4 atom stereocenters. The number of benzene rings is 1. The molecule has 2 bridgehead atoms. The van der Waals surface area contributed by atoms with Crippen molar-refractivity contribution in [1.29, 1.82) is 0 Å². The maximum absolute atomic E-state index is 14.0. The summed E-state index contributed by atoms with van der Waals surface area (Å²) in [7, 11) is -3.85. The van der Waals surface area contributed by atoms with Gasteiger partial charge in [-0.2, -0.15) is 4.31 Å². The summed E-state index contributed by atoms with van der Waals surface area (Å²) in [6, 6.07) is 5.59. The number of piperidine rings is 1. The summed E-state index contributed by atoms with van der Waals surface area (Å²) < 4.78 is 41.7. The minimum Gasteiger partial charge on any atom is -0.441 e. The highest BCUT2D eigenvalue weighted by molar-refractivity contribution is 7.89. The van der Waals surface area contributed by atoms with Crippen LogP contribution in [0.15, 0.2) is 29.2 Å². The third-order valence-corrected chi connectivity index (χ3v) is 10.7. The molecular formula is C25H34ClN3O6S. The largest absolute Gasteiger partial charge is 0.441 e. The zero-order chi connectivity index (χ0) is 25.1. The van der Waals surface area contributed by atoms with Crippen LogP contribution >= 0.6 is 11.6 Å². The molecule has 1 N–H and O–H groups in total. The summed E-state index contributed by atoms with van der Waals surface area (Å²) in [5, 5.41) is 9.73. The first-order valence-electron chi connectivity index (χ1n) is 13.0. The lowest BCUT2D eigenvalue weighted by molar-refractivity contribution is -0.101. The van der Waals surface area contributed by atoms with Crippen LogP contribution in [-0.4, -0.2) is 103 Å². The van der Waals surface area contributed by atoms with Gasteiger partial charge in [-0.15, -0.1) is 0 Å². The predicted molar refractivity (Wildman–Crippen MR) is 132 cm³/mol. The number of sulfonamides is 1. The number of fused-ring (bicyclic) bond motifs is 2. The van der Waals surface area contributed by atoms with Crippen LogP contribution in [0.5, 0.6) is 0 Å². The monoisotopic (exact) mass is 539 g/mol. The summed E-state index contributed by atoms with van der Waals surface area (Å²) in [5.41, 5.74) is -0.868. The number of nitrogens with zero attached hydrogens (tertiary/aromatic N) is 3. The number of halogens is 1. The molecule has 9 nitrogen and oxygen atoms in total. The molecule has 198 valence electrons. The second kappa shape index (κ2) is 9.39. The van der Waals surface area contributed by atoms with Crippen LogP contribution in [-0.2, 0) is 19.5 Å². The third-order valence-electron chi connectivity index (χ3n) is 8.48. The van der Waals surface area contributed by atoms with Crippen molar-refractivity contribution in [2.24, 2.45) is 5.92 Å². The van der Waals surface area contributed by atoms with Gasteiger partial charge in [0.25, 0.3) is 0 Å². The molecule has 6 rings (SSSR count). The van der Waals surface area contributed by atoms with Gasteiger partial charge in [-0.25, -0.2) is 13.2 Å². The molecular weight excluding hydrogens is 506 g/mol. The maximum Gasteiger partial charge on any atom is 0.410 e. The fourth-order valence-electron chi connectivity index (χ4n) is 6.28. The lowest BCUT2D eigenvalue weighted by atomic mass is 9.88. The van der Waals surface area contributed by atoms with E-state index >= 15 is 0 Å². The number of aliphatic hydroxyl groups is 1. The summed E-state index contributed by atoms with van der Waals surface area (Å²) in [4.78, 5) is 17.5. The van der Waals surface area contributed by atoms with Crippen molar-refractivity contribution in [3.05, 3.63) is 29.3 Å². The molecule has 2 saturated carbocycles. The Labute approximate surface area is 217 Å². The number of hydrogen-bond acceptors (Lipinski definition) is 7. The summed E-state index contributed by atoms with van der Waals surface area (Å²) in [6.07, 6.45) is 4.81. The Morgan fingerprint density at radius 2 is 1.83 bits per heavy atom. The Kier molecular flexibility index (Phi) is 6.49. The van der Waals surface area contributed by atoms with Crippen LogP contribution in [0.3, 0.4) is 0 Å². The van der Waals surface area contributed by atoms with E-state index in [1.54, 1.807) is 28.6 Å². The van der Waals surface area contributed by atoms with Crippen molar-refractivity contribution in [2.45, 2.75) is 73.2 Å². The van der Waals surface area contributed by atoms with E-state index in [-0.39, 0.29) is 42.3 Å². The van der Waals surface area contributed by atoms with Crippen molar-refractivity contribution in [2.75, 3.05) is 39.5 Å². The Morgan fingerprint density at radius 1 is 1.14 bits per heavy atom. The number of carbonyl (C=O) groups is 1. The molecule has 0 aromatic heterocycles. The van der Waals surface area contributed by atoms with Crippen LogP contribution < -0.4 is 0 Å². The second-order valence-electron chi connectivity index (χ2n) is 11.0. The maximum atomic E-state index is 14.0. The third kappa shape index (κ3) is 4.54. The average Bonchev–Trinajstić information content (AvgIpc) is 3.77. The van der Waals surface area contributed by atoms with Crippen LogP contribution in [0.4, 0.5) is 4.79 Å². The van der Waals surface area contributed by atoms with Gasteiger partial charge in [-0.1, -0.05) is 24.4 Å². The van der Waals surface area contributed by atoms with Crippen LogP contribution in [0.2, 0.25) is 5.02 Å². The standard InChI is InChI=1S/C25H34ClN3O6S/c26-18-3-5-22(6-4-18)36(32,33)29-21(11-17-1-2-17)15-34-16-23(29)25(7-8-25)35-24(31)28-19-12-20(28)14-27(13-19)9-10-30/h3-6,17,19-21,23,30H,1-2,7-16H2/t19?,20?,21-,23-/m1/s1. The van der Waals surface area contributed by atoms with Gasteiger partial charge >= 0.3 is 6.09 Å². The molecule has 2 aliphatic carbocycles. The highest BCUT2D eigenvalue weighted by Gasteiger charge is 2.62. The second-order valence-corrected chi connectivity index (χ2v) is 13.3. The van der Waals surface area contributed by atoms with E-state index in [0.717, 1.165) is 38.8 Å². The number of morpholine rings is 1. The Balaban J connectivity index is 1.24. The SMILES string of the molecule is O=C(OC1([C@H]2COC[C@@H](CC3CC3)N2S(=O)(=O)c2ccc(Cl)cc2)CC1)N1C2CC1CN(CCO)C2. The molecule has 3 aliphatic heterocycles. The zero-order valence-electron chi connectivity index (χ0n) is 20.3. The molecule has 5 aliphatic rings. The minimum absolute atomic E-state index is 0.0812. The van der Waals surface area contributed by atoms with Crippen molar-refractivity contribution < 1.29 is 27.8 Å². The van der Waals surface area contributed by atoms with Crippen LogP contribution in [0.25, 0.3) is 0 Å². The number of ether oxygens (including phenoxy) is 2. The van der Waals surface area contributed by atoms with Gasteiger partial charge in [-0.3, -0.25) is 9.80 Å². The first-order valence-corrected chi connectivity index (χ1v) is 14.8. The van der Waals surface area contributed by atoms with E-state index < -0.39 is 21.7 Å². The van der Waals surface area contributed by atoms with Gasteiger partial charge in [0.05, 0.1) is 42.8 Å². The molecule has 0 spiro atoms. The number of amides is 1. The number of rotatable bonds is 8.